The number of nitrogens with one attached hydrogen (secondary N) is 1. The fourth-order valence-electron chi connectivity index (χ4n) is 3.93. The molecule has 2 aromatic heterocycles. The normalized spacial score (nSPS) is 22.6. The van der Waals surface area contributed by atoms with Gasteiger partial charge in [0.2, 0.25) is 0 Å². The Bertz CT molecular complexity index is 667. The van der Waals surface area contributed by atoms with Gasteiger partial charge in [0.1, 0.15) is 11.6 Å². The third-order valence-electron chi connectivity index (χ3n) is 5.11. The highest BCUT2D eigenvalue weighted by Crippen LogP contribution is 2.42. The van der Waals surface area contributed by atoms with E-state index in [1.165, 1.54) is 0 Å². The molecule has 0 aromatic carbocycles. The third kappa shape index (κ3) is 3.16. The highest BCUT2D eigenvalue weighted by molar-refractivity contribution is 5.32. The van der Waals surface area contributed by atoms with Crippen molar-refractivity contribution in [2.24, 2.45) is 5.92 Å². The predicted octanol–water partition coefficient (Wildman–Crippen LogP) is 2.47. The lowest BCUT2D eigenvalue weighted by molar-refractivity contribution is -0.136. The molecule has 2 aromatic rings. The van der Waals surface area contributed by atoms with Crippen LogP contribution in [0.2, 0.25) is 0 Å². The molecule has 2 fully saturated rings. The van der Waals surface area contributed by atoms with Crippen LogP contribution in [0, 0.1) is 12.8 Å². The average Bonchev–Trinajstić information content (AvgIpc) is 3.15. The van der Waals surface area contributed by atoms with Crippen molar-refractivity contribution in [1.29, 1.82) is 0 Å². The zero-order valence-electron chi connectivity index (χ0n) is 14.1. The molecule has 0 radical (unpaired) electrons. The van der Waals surface area contributed by atoms with E-state index in [9.17, 15) is 0 Å². The largest absolute Gasteiger partial charge is 0.372 e. The number of aryl methyl sites for hydroxylation is 1. The van der Waals surface area contributed by atoms with E-state index in [2.05, 4.69) is 20.4 Å². The summed E-state index contributed by atoms with van der Waals surface area (Å²) in [6, 6.07) is 7.95. The highest BCUT2D eigenvalue weighted by atomic mass is 16.5. The first-order chi connectivity index (χ1) is 11.7. The zero-order chi connectivity index (χ0) is 16.4. The van der Waals surface area contributed by atoms with Crippen LogP contribution >= 0.6 is 0 Å². The summed E-state index contributed by atoms with van der Waals surface area (Å²) >= 11 is 0. The molecule has 1 spiro atoms. The molecule has 0 bridgehead atoms. The summed E-state index contributed by atoms with van der Waals surface area (Å²) in [6.07, 6.45) is 4.09. The summed E-state index contributed by atoms with van der Waals surface area (Å²) < 4.78 is 11.3. The Kier molecular flexibility index (Phi) is 4.24. The summed E-state index contributed by atoms with van der Waals surface area (Å²) in [6.45, 7) is 6.58. The number of hydrogen-bond acceptors (Lipinski definition) is 6. The number of anilines is 1. The standard InChI is InChI=1S/C18H24N4O2/c1-14-10-16(21-24-14)11-22-12-18(13-22)15(6-9-23-18)5-8-20-17-4-2-3-7-19-17/h2-4,7,10,15H,5-6,8-9,11-13H2,1H3,(H,19,20)/t15-/m0/s1. The van der Waals surface area contributed by atoms with Gasteiger partial charge in [-0.1, -0.05) is 11.2 Å². The molecule has 1 N–H and O–H groups in total. The summed E-state index contributed by atoms with van der Waals surface area (Å²) in [4.78, 5) is 6.70. The Balaban J connectivity index is 1.26. The molecule has 128 valence electrons. The fourth-order valence-corrected chi connectivity index (χ4v) is 3.93. The minimum Gasteiger partial charge on any atom is -0.372 e. The maximum atomic E-state index is 6.14. The number of hydrogen-bond donors (Lipinski definition) is 1. The molecular formula is C18H24N4O2. The van der Waals surface area contributed by atoms with Gasteiger partial charge < -0.3 is 14.6 Å². The first-order valence-corrected chi connectivity index (χ1v) is 8.67. The molecule has 2 saturated heterocycles. The Morgan fingerprint density at radius 3 is 3.04 bits per heavy atom. The maximum Gasteiger partial charge on any atom is 0.133 e. The Morgan fingerprint density at radius 2 is 2.29 bits per heavy atom. The van der Waals surface area contributed by atoms with E-state index in [1.54, 1.807) is 0 Å². The first kappa shape index (κ1) is 15.6. The van der Waals surface area contributed by atoms with E-state index >= 15 is 0 Å². The van der Waals surface area contributed by atoms with Crippen molar-refractivity contribution in [2.45, 2.75) is 31.9 Å². The van der Waals surface area contributed by atoms with Crippen LogP contribution in [0.1, 0.15) is 24.3 Å². The van der Waals surface area contributed by atoms with Crippen LogP contribution in [0.15, 0.2) is 35.0 Å². The van der Waals surface area contributed by atoms with Gasteiger partial charge in [-0.25, -0.2) is 4.98 Å². The highest BCUT2D eigenvalue weighted by Gasteiger charge is 2.52. The van der Waals surface area contributed by atoms with Gasteiger partial charge in [0.25, 0.3) is 0 Å². The zero-order valence-corrected chi connectivity index (χ0v) is 14.1. The smallest absolute Gasteiger partial charge is 0.133 e. The third-order valence-corrected chi connectivity index (χ3v) is 5.11. The summed E-state index contributed by atoms with van der Waals surface area (Å²) in [5.74, 6) is 2.43. The van der Waals surface area contributed by atoms with E-state index in [1.807, 2.05) is 37.4 Å². The quantitative estimate of drug-likeness (QED) is 0.879. The van der Waals surface area contributed by atoms with Gasteiger partial charge in [0.15, 0.2) is 0 Å². The van der Waals surface area contributed by atoms with Crippen molar-refractivity contribution >= 4 is 5.82 Å². The summed E-state index contributed by atoms with van der Waals surface area (Å²) in [5.41, 5.74) is 1.05. The van der Waals surface area contributed by atoms with Crippen molar-refractivity contribution < 1.29 is 9.26 Å². The van der Waals surface area contributed by atoms with Crippen LogP contribution in [0.25, 0.3) is 0 Å². The predicted molar refractivity (Wildman–Crippen MR) is 90.7 cm³/mol. The molecule has 0 amide bonds. The van der Waals surface area contributed by atoms with E-state index in [0.29, 0.717) is 5.92 Å². The molecule has 1 atom stereocenters. The topological polar surface area (TPSA) is 63.4 Å². The van der Waals surface area contributed by atoms with Gasteiger partial charge in [0, 0.05) is 45.0 Å². The summed E-state index contributed by atoms with van der Waals surface area (Å²) in [7, 11) is 0. The van der Waals surface area contributed by atoms with Crippen molar-refractivity contribution in [3.05, 3.63) is 41.9 Å². The molecule has 0 unspecified atom stereocenters. The lowest BCUT2D eigenvalue weighted by Gasteiger charge is -2.50. The summed E-state index contributed by atoms with van der Waals surface area (Å²) in [5, 5.41) is 7.49. The molecule has 0 aliphatic carbocycles. The molecule has 2 aliphatic rings. The number of ether oxygens (including phenoxy) is 1. The average molecular weight is 328 g/mol. The van der Waals surface area contributed by atoms with Crippen LogP contribution in [-0.2, 0) is 11.3 Å². The van der Waals surface area contributed by atoms with Crippen molar-refractivity contribution in [3.8, 4) is 0 Å². The minimum absolute atomic E-state index is 0.0462. The van der Waals surface area contributed by atoms with Crippen LogP contribution in [-0.4, -0.2) is 46.9 Å². The van der Waals surface area contributed by atoms with E-state index < -0.39 is 0 Å². The van der Waals surface area contributed by atoms with E-state index in [0.717, 1.165) is 62.9 Å². The van der Waals surface area contributed by atoms with Crippen LogP contribution < -0.4 is 5.32 Å². The van der Waals surface area contributed by atoms with Gasteiger partial charge in [-0.15, -0.1) is 0 Å². The van der Waals surface area contributed by atoms with Gasteiger partial charge in [-0.3, -0.25) is 4.90 Å². The van der Waals surface area contributed by atoms with Crippen LogP contribution in [0.4, 0.5) is 5.82 Å². The second kappa shape index (κ2) is 6.53. The van der Waals surface area contributed by atoms with Crippen LogP contribution in [0.5, 0.6) is 0 Å². The minimum atomic E-state index is 0.0462. The molecular weight excluding hydrogens is 304 g/mol. The second-order valence-corrected chi connectivity index (χ2v) is 6.90. The monoisotopic (exact) mass is 328 g/mol. The van der Waals surface area contributed by atoms with E-state index in [-0.39, 0.29) is 5.60 Å². The Hall–Kier alpha value is -1.92. The SMILES string of the molecule is Cc1cc(CN2CC3(C2)OCC[C@@H]3CCNc2ccccn2)no1. The molecule has 6 heteroatoms. The Labute approximate surface area is 142 Å². The van der Waals surface area contributed by atoms with Gasteiger partial charge in [-0.2, -0.15) is 0 Å². The fraction of sp³-hybridized carbons (Fsp3) is 0.556. The van der Waals surface area contributed by atoms with Gasteiger partial charge in [0.05, 0.1) is 11.3 Å². The number of aromatic nitrogens is 2. The number of rotatable bonds is 6. The van der Waals surface area contributed by atoms with Crippen LogP contribution in [0.3, 0.4) is 0 Å². The van der Waals surface area contributed by atoms with Gasteiger partial charge in [-0.05, 0) is 37.8 Å². The molecule has 0 saturated carbocycles. The number of likely N-dealkylation sites (tertiary alicyclic amines) is 1. The molecule has 4 heterocycles. The number of nitrogens with zero attached hydrogens (tertiary/aromatic N) is 3. The van der Waals surface area contributed by atoms with Crippen molar-refractivity contribution in [3.63, 3.8) is 0 Å². The second-order valence-electron chi connectivity index (χ2n) is 6.90. The molecule has 4 rings (SSSR count). The number of pyridine rings is 1. The lowest BCUT2D eigenvalue weighted by atomic mass is 9.79. The van der Waals surface area contributed by atoms with Gasteiger partial charge >= 0.3 is 0 Å². The molecule has 2 aliphatic heterocycles. The maximum absolute atomic E-state index is 6.14. The molecule has 6 nitrogen and oxygen atoms in total. The lowest BCUT2D eigenvalue weighted by Crippen LogP contribution is -2.64. The van der Waals surface area contributed by atoms with Crippen molar-refractivity contribution in [2.75, 3.05) is 31.6 Å². The Morgan fingerprint density at radius 1 is 1.38 bits per heavy atom. The first-order valence-electron chi connectivity index (χ1n) is 8.67. The van der Waals surface area contributed by atoms with E-state index in [4.69, 9.17) is 9.26 Å². The van der Waals surface area contributed by atoms with Crippen molar-refractivity contribution in [1.82, 2.24) is 15.0 Å². The molecule has 24 heavy (non-hydrogen) atoms.